The number of anilines is 1. The van der Waals surface area contributed by atoms with Gasteiger partial charge in [0.15, 0.2) is 0 Å². The molecule has 0 saturated carbocycles. The Bertz CT molecular complexity index is 1120. The lowest BCUT2D eigenvalue weighted by atomic mass is 10.1. The highest BCUT2D eigenvalue weighted by Gasteiger charge is 2.13. The van der Waals surface area contributed by atoms with E-state index in [1.165, 1.54) is 19.4 Å². The van der Waals surface area contributed by atoms with Gasteiger partial charge in [0, 0.05) is 39.4 Å². The van der Waals surface area contributed by atoms with Crippen LogP contribution in [0.3, 0.4) is 0 Å². The number of carbonyl (C=O) groups excluding carboxylic acids is 2. The lowest BCUT2D eigenvalue weighted by Gasteiger charge is -2.10. The van der Waals surface area contributed by atoms with E-state index < -0.39 is 22.7 Å². The van der Waals surface area contributed by atoms with Gasteiger partial charge in [0.05, 0.1) is 29.0 Å². The summed E-state index contributed by atoms with van der Waals surface area (Å²) in [5.74, 6) is -0.846. The molecule has 148 valence electrons. The number of pyridine rings is 1. The van der Waals surface area contributed by atoms with Gasteiger partial charge in [0.2, 0.25) is 0 Å². The second kappa shape index (κ2) is 8.98. The van der Waals surface area contributed by atoms with E-state index in [1.807, 2.05) is 6.07 Å². The number of rotatable bonds is 5. The molecule has 3 rings (SSSR count). The van der Waals surface area contributed by atoms with Gasteiger partial charge in [0.25, 0.3) is 5.91 Å². The summed E-state index contributed by atoms with van der Waals surface area (Å²) in [6, 6.07) is 14.9. The molecular formula is C21H17ClN2O4S. The topological polar surface area (TPSA) is 85.4 Å². The zero-order chi connectivity index (χ0) is 21.0. The molecule has 0 bridgehead atoms. The Balaban J connectivity index is 1.84. The molecule has 1 aromatic heterocycles. The minimum atomic E-state index is -1.19. The predicted octanol–water partition coefficient (Wildman–Crippen LogP) is 4.18. The van der Waals surface area contributed by atoms with Gasteiger partial charge in [-0.3, -0.25) is 14.0 Å². The van der Waals surface area contributed by atoms with Gasteiger partial charge in [-0.25, -0.2) is 4.79 Å². The first-order valence-electron chi connectivity index (χ1n) is 8.48. The molecule has 1 unspecified atom stereocenters. The summed E-state index contributed by atoms with van der Waals surface area (Å²) in [6.07, 6.45) is 3.06. The Morgan fingerprint density at radius 1 is 1.10 bits per heavy atom. The number of carbonyl (C=O) groups is 2. The van der Waals surface area contributed by atoms with Crippen molar-refractivity contribution in [3.63, 3.8) is 0 Å². The van der Waals surface area contributed by atoms with Crippen LogP contribution in [0.25, 0.3) is 11.3 Å². The first-order chi connectivity index (χ1) is 13.9. The molecule has 0 radical (unpaired) electrons. The van der Waals surface area contributed by atoms with Crippen molar-refractivity contribution < 1.29 is 18.5 Å². The molecule has 3 aromatic rings. The Morgan fingerprint density at radius 3 is 2.59 bits per heavy atom. The monoisotopic (exact) mass is 428 g/mol. The van der Waals surface area contributed by atoms with E-state index >= 15 is 0 Å². The van der Waals surface area contributed by atoms with Crippen LogP contribution in [0.5, 0.6) is 0 Å². The lowest BCUT2D eigenvalue weighted by molar-refractivity contribution is 0.0600. The maximum atomic E-state index is 12.6. The Hall–Kier alpha value is -3.03. The minimum absolute atomic E-state index is 0.221. The van der Waals surface area contributed by atoms with Crippen LogP contribution >= 0.6 is 11.6 Å². The number of halogens is 1. The molecule has 1 atom stereocenters. The van der Waals surface area contributed by atoms with Crippen molar-refractivity contribution in [2.24, 2.45) is 0 Å². The van der Waals surface area contributed by atoms with Crippen LogP contribution in [0.4, 0.5) is 5.69 Å². The highest BCUT2D eigenvalue weighted by molar-refractivity contribution is 7.84. The van der Waals surface area contributed by atoms with Gasteiger partial charge < -0.3 is 10.1 Å². The smallest absolute Gasteiger partial charge is 0.337 e. The lowest BCUT2D eigenvalue weighted by Crippen LogP contribution is -2.12. The zero-order valence-corrected chi connectivity index (χ0v) is 17.2. The van der Waals surface area contributed by atoms with Crippen molar-refractivity contribution in [3.8, 4) is 11.3 Å². The van der Waals surface area contributed by atoms with Gasteiger partial charge in [-0.1, -0.05) is 23.7 Å². The Labute approximate surface area is 175 Å². The van der Waals surface area contributed by atoms with Crippen molar-refractivity contribution in [1.82, 2.24) is 4.98 Å². The van der Waals surface area contributed by atoms with Gasteiger partial charge in [-0.05, 0) is 42.5 Å². The van der Waals surface area contributed by atoms with Gasteiger partial charge >= 0.3 is 5.97 Å². The van der Waals surface area contributed by atoms with E-state index in [0.717, 1.165) is 5.56 Å². The third-order valence-corrected chi connectivity index (χ3v) is 5.34. The maximum absolute atomic E-state index is 12.6. The SMILES string of the molecule is COC(=O)c1ccnc(-c2cccc(NC(=O)c3ccc(S(C)=O)cc3Cl)c2)c1. The van der Waals surface area contributed by atoms with Gasteiger partial charge in [-0.2, -0.15) is 0 Å². The number of benzene rings is 2. The number of amides is 1. The van der Waals surface area contributed by atoms with Crippen LogP contribution in [-0.2, 0) is 15.5 Å². The number of nitrogens with zero attached hydrogens (tertiary/aromatic N) is 1. The van der Waals surface area contributed by atoms with E-state index in [-0.39, 0.29) is 10.6 Å². The third kappa shape index (κ3) is 4.88. The highest BCUT2D eigenvalue weighted by Crippen LogP contribution is 2.24. The Kier molecular flexibility index (Phi) is 6.41. The molecule has 0 aliphatic rings. The maximum Gasteiger partial charge on any atom is 0.337 e. The molecule has 0 aliphatic heterocycles. The molecule has 1 N–H and O–H groups in total. The zero-order valence-electron chi connectivity index (χ0n) is 15.6. The third-order valence-electron chi connectivity index (χ3n) is 4.11. The van der Waals surface area contributed by atoms with Crippen LogP contribution in [-0.4, -0.2) is 34.4 Å². The predicted molar refractivity (Wildman–Crippen MR) is 113 cm³/mol. The fourth-order valence-corrected chi connectivity index (χ4v) is 3.52. The van der Waals surface area contributed by atoms with Gasteiger partial charge in [-0.15, -0.1) is 0 Å². The van der Waals surface area contributed by atoms with E-state index in [4.69, 9.17) is 16.3 Å². The number of esters is 1. The van der Waals surface area contributed by atoms with Crippen LogP contribution in [0.15, 0.2) is 65.7 Å². The van der Waals surface area contributed by atoms with Crippen LogP contribution in [0.1, 0.15) is 20.7 Å². The number of ether oxygens (including phenoxy) is 1. The van der Waals surface area contributed by atoms with Crippen LogP contribution in [0.2, 0.25) is 5.02 Å². The first kappa shape index (κ1) is 20.7. The normalized spacial score (nSPS) is 11.6. The largest absolute Gasteiger partial charge is 0.465 e. The summed E-state index contributed by atoms with van der Waals surface area (Å²) in [5.41, 5.74) is 2.48. The molecule has 0 aliphatic carbocycles. The Morgan fingerprint density at radius 2 is 1.90 bits per heavy atom. The standard InChI is InChI=1S/C21H17ClN2O4S/c1-28-21(26)14-8-9-23-19(11-14)13-4-3-5-15(10-13)24-20(25)17-7-6-16(29(2)27)12-18(17)22/h3-12H,1-2H3,(H,24,25). The summed E-state index contributed by atoms with van der Waals surface area (Å²) >= 11 is 6.17. The van der Waals surface area contributed by atoms with Crippen LogP contribution < -0.4 is 5.32 Å². The second-order valence-corrected chi connectivity index (χ2v) is 7.84. The number of nitrogens with one attached hydrogen (secondary N) is 1. The van der Waals surface area contributed by atoms with Crippen molar-refractivity contribution in [1.29, 1.82) is 0 Å². The minimum Gasteiger partial charge on any atom is -0.465 e. The fourth-order valence-electron chi connectivity index (χ4n) is 2.65. The molecule has 29 heavy (non-hydrogen) atoms. The number of aromatic nitrogens is 1. The summed E-state index contributed by atoms with van der Waals surface area (Å²) < 4.78 is 16.3. The van der Waals surface area contributed by atoms with Crippen molar-refractivity contribution in [2.75, 3.05) is 18.7 Å². The molecule has 0 spiro atoms. The molecule has 8 heteroatoms. The van der Waals surface area contributed by atoms with Crippen molar-refractivity contribution in [2.45, 2.75) is 4.90 Å². The number of hydrogen-bond donors (Lipinski definition) is 1. The molecule has 6 nitrogen and oxygen atoms in total. The molecule has 1 amide bonds. The number of hydrogen-bond acceptors (Lipinski definition) is 5. The quantitative estimate of drug-likeness (QED) is 0.616. The average molecular weight is 429 g/mol. The summed E-state index contributed by atoms with van der Waals surface area (Å²) in [4.78, 5) is 29.1. The first-order valence-corrected chi connectivity index (χ1v) is 10.4. The highest BCUT2D eigenvalue weighted by atomic mass is 35.5. The molecule has 0 saturated heterocycles. The van der Waals surface area contributed by atoms with Crippen molar-refractivity contribution >= 4 is 40.0 Å². The van der Waals surface area contributed by atoms with Gasteiger partial charge in [0.1, 0.15) is 0 Å². The summed E-state index contributed by atoms with van der Waals surface area (Å²) in [6.45, 7) is 0. The van der Waals surface area contributed by atoms with Crippen molar-refractivity contribution in [3.05, 3.63) is 76.9 Å². The molecule has 2 aromatic carbocycles. The van der Waals surface area contributed by atoms with E-state index in [2.05, 4.69) is 10.3 Å². The summed E-state index contributed by atoms with van der Waals surface area (Å²) in [7, 11) is 0.129. The van der Waals surface area contributed by atoms with E-state index in [9.17, 15) is 13.8 Å². The number of methoxy groups -OCH3 is 1. The van der Waals surface area contributed by atoms with E-state index in [0.29, 0.717) is 21.8 Å². The summed E-state index contributed by atoms with van der Waals surface area (Å²) in [5, 5.41) is 3.01. The fraction of sp³-hybridized carbons (Fsp3) is 0.0952. The second-order valence-electron chi connectivity index (χ2n) is 6.05. The van der Waals surface area contributed by atoms with Crippen LogP contribution in [0, 0.1) is 0 Å². The molecular weight excluding hydrogens is 412 g/mol. The molecule has 0 fully saturated rings. The van der Waals surface area contributed by atoms with E-state index in [1.54, 1.807) is 48.7 Å². The molecule has 1 heterocycles. The average Bonchev–Trinajstić information content (AvgIpc) is 2.73.